The van der Waals surface area contributed by atoms with Gasteiger partial charge in [0.2, 0.25) is 0 Å². The summed E-state index contributed by atoms with van der Waals surface area (Å²) in [5, 5.41) is 0. The molecule has 0 bridgehead atoms. The highest BCUT2D eigenvalue weighted by molar-refractivity contribution is 4.79. The summed E-state index contributed by atoms with van der Waals surface area (Å²) < 4.78 is 5.01. The monoisotopic (exact) mass is 111 g/mol. The summed E-state index contributed by atoms with van der Waals surface area (Å²) in [5.41, 5.74) is 0. The van der Waals surface area contributed by atoms with Gasteiger partial charge < -0.3 is 4.74 Å². The molecule has 0 aromatic carbocycles. The molecule has 0 amide bonds. The summed E-state index contributed by atoms with van der Waals surface area (Å²) in [6.07, 6.45) is 3.34. The fourth-order valence-electron chi connectivity index (χ4n) is 0.697. The Hall–Kier alpha value is -0.300. The van der Waals surface area contributed by atoms with E-state index in [1.165, 1.54) is 0 Å². The number of hydrogen-bond donors (Lipinski definition) is 0. The Morgan fingerprint density at radius 3 is 3.00 bits per heavy atom. The van der Waals surface area contributed by atoms with Crippen molar-refractivity contribution < 1.29 is 4.74 Å². The van der Waals surface area contributed by atoms with E-state index < -0.39 is 0 Å². The molecular weight excluding hydrogens is 100 g/mol. The molecule has 1 nitrogen and oxygen atoms in total. The molecule has 0 aromatic heterocycles. The van der Waals surface area contributed by atoms with E-state index >= 15 is 0 Å². The highest BCUT2D eigenvalue weighted by atomic mass is 16.6. The molecule has 0 saturated carbocycles. The second-order valence-corrected chi connectivity index (χ2v) is 2.36. The summed E-state index contributed by atoms with van der Waals surface area (Å²) in [5.74, 6) is 0.516. The van der Waals surface area contributed by atoms with Crippen LogP contribution in [0.1, 0.15) is 13.3 Å². The molecule has 1 aliphatic heterocycles. The highest BCUT2D eigenvalue weighted by Crippen LogP contribution is 2.19. The molecule has 1 aliphatic rings. The maximum Gasteiger partial charge on any atom is 0.0815 e. The molecule has 45 valence electrons. The number of hydrogen-bond acceptors (Lipinski definition) is 1. The van der Waals surface area contributed by atoms with Crippen LogP contribution in [0, 0.1) is 12.5 Å². The molecule has 0 aromatic rings. The molecule has 0 spiro atoms. The lowest BCUT2D eigenvalue weighted by molar-refractivity contribution is 0.379. The summed E-state index contributed by atoms with van der Waals surface area (Å²) in [6, 6.07) is 0. The maximum atomic E-state index is 5.27. The molecule has 2 unspecified atom stereocenters. The van der Waals surface area contributed by atoms with Crippen LogP contribution in [0.2, 0.25) is 0 Å². The van der Waals surface area contributed by atoms with Crippen LogP contribution in [-0.2, 0) is 4.74 Å². The summed E-state index contributed by atoms with van der Waals surface area (Å²) in [7, 11) is 0. The molecule has 1 heteroatoms. The first kappa shape index (κ1) is 5.83. The molecule has 8 heavy (non-hydrogen) atoms. The van der Waals surface area contributed by atoms with Gasteiger partial charge in [-0.1, -0.05) is 19.6 Å². The molecule has 2 atom stereocenters. The van der Waals surface area contributed by atoms with E-state index in [0.717, 1.165) is 13.0 Å². The first-order chi connectivity index (χ1) is 3.83. The van der Waals surface area contributed by atoms with Crippen molar-refractivity contribution in [1.29, 1.82) is 0 Å². The van der Waals surface area contributed by atoms with Crippen LogP contribution >= 0.6 is 0 Å². The lowest BCUT2D eigenvalue weighted by Crippen LogP contribution is -1.94. The second kappa shape index (κ2) is 2.31. The van der Waals surface area contributed by atoms with Crippen molar-refractivity contribution in [3.8, 4) is 0 Å². The Labute approximate surface area is 50.3 Å². The third-order valence-corrected chi connectivity index (χ3v) is 1.37. The van der Waals surface area contributed by atoms with E-state index in [1.54, 1.807) is 6.08 Å². The number of allylic oxidation sites excluding steroid dienone is 1. The topological polar surface area (TPSA) is 12.5 Å². The summed E-state index contributed by atoms with van der Waals surface area (Å²) >= 11 is 0. The van der Waals surface area contributed by atoms with E-state index in [9.17, 15) is 0 Å². The largest absolute Gasteiger partial charge is 0.373 e. The first-order valence-electron chi connectivity index (χ1n) is 2.99. The van der Waals surface area contributed by atoms with E-state index in [1.807, 2.05) is 0 Å². The predicted molar refractivity (Wildman–Crippen MR) is 32.4 cm³/mol. The van der Waals surface area contributed by atoms with E-state index in [4.69, 9.17) is 11.3 Å². The summed E-state index contributed by atoms with van der Waals surface area (Å²) in [6.45, 7) is 8.31. The molecule has 0 N–H and O–H groups in total. The lowest BCUT2D eigenvalue weighted by atomic mass is 10.1. The Kier molecular flexibility index (Phi) is 1.69. The SMILES string of the molecule is [CH]=CC(C)CC1CO1. The Bertz CT molecular complexity index is 84.4. The molecule has 1 fully saturated rings. The van der Waals surface area contributed by atoms with Crippen LogP contribution in [0.15, 0.2) is 6.08 Å². The van der Waals surface area contributed by atoms with E-state index in [0.29, 0.717) is 12.0 Å². The minimum Gasteiger partial charge on any atom is -0.373 e. The van der Waals surface area contributed by atoms with Gasteiger partial charge in [0.1, 0.15) is 0 Å². The molecule has 1 heterocycles. The zero-order valence-corrected chi connectivity index (χ0v) is 5.13. The fourth-order valence-corrected chi connectivity index (χ4v) is 0.697. The van der Waals surface area contributed by atoms with Crippen molar-refractivity contribution in [3.63, 3.8) is 0 Å². The smallest absolute Gasteiger partial charge is 0.0815 e. The van der Waals surface area contributed by atoms with Gasteiger partial charge in [-0.25, -0.2) is 0 Å². The zero-order chi connectivity index (χ0) is 5.98. The van der Waals surface area contributed by atoms with Crippen LogP contribution in [0.5, 0.6) is 0 Å². The first-order valence-corrected chi connectivity index (χ1v) is 2.99. The third kappa shape index (κ3) is 1.66. The van der Waals surface area contributed by atoms with Gasteiger partial charge in [-0.2, -0.15) is 0 Å². The number of epoxide rings is 1. The van der Waals surface area contributed by atoms with Crippen molar-refractivity contribution in [2.45, 2.75) is 19.4 Å². The molecule has 0 aliphatic carbocycles. The van der Waals surface area contributed by atoms with Crippen LogP contribution in [0.4, 0.5) is 0 Å². The molecular formula is C7H11O. The lowest BCUT2D eigenvalue weighted by Gasteiger charge is -1.98. The fraction of sp³-hybridized carbons (Fsp3) is 0.714. The Morgan fingerprint density at radius 1 is 2.00 bits per heavy atom. The van der Waals surface area contributed by atoms with Crippen molar-refractivity contribution >= 4 is 0 Å². The standard InChI is InChI=1S/C7H11O/c1-3-6(2)4-7-5-8-7/h1,3,6-7H,4-5H2,2H3. The van der Waals surface area contributed by atoms with Gasteiger partial charge in [0.25, 0.3) is 0 Å². The van der Waals surface area contributed by atoms with Crippen molar-refractivity contribution in [1.82, 2.24) is 0 Å². The predicted octanol–water partition coefficient (Wildman–Crippen LogP) is 1.40. The Morgan fingerprint density at radius 2 is 2.62 bits per heavy atom. The second-order valence-electron chi connectivity index (χ2n) is 2.36. The van der Waals surface area contributed by atoms with Gasteiger partial charge >= 0.3 is 0 Å². The quantitative estimate of drug-likeness (QED) is 0.501. The van der Waals surface area contributed by atoms with Gasteiger partial charge in [-0.15, -0.1) is 0 Å². The van der Waals surface area contributed by atoms with Crippen LogP contribution in [0.3, 0.4) is 0 Å². The van der Waals surface area contributed by atoms with Gasteiger partial charge in [0.05, 0.1) is 12.7 Å². The normalized spacial score (nSPS) is 29.4. The van der Waals surface area contributed by atoms with Gasteiger partial charge in [0.15, 0.2) is 0 Å². The maximum absolute atomic E-state index is 5.27. The minimum atomic E-state index is 0.516. The third-order valence-electron chi connectivity index (χ3n) is 1.37. The van der Waals surface area contributed by atoms with Gasteiger partial charge in [0, 0.05) is 0 Å². The van der Waals surface area contributed by atoms with Crippen LogP contribution in [-0.4, -0.2) is 12.7 Å². The summed E-state index contributed by atoms with van der Waals surface area (Å²) in [4.78, 5) is 0. The molecule has 1 radical (unpaired) electrons. The van der Waals surface area contributed by atoms with Crippen molar-refractivity contribution in [2.75, 3.05) is 6.61 Å². The molecule has 1 rings (SSSR count). The van der Waals surface area contributed by atoms with E-state index in [-0.39, 0.29) is 0 Å². The van der Waals surface area contributed by atoms with Crippen LogP contribution in [0.25, 0.3) is 0 Å². The van der Waals surface area contributed by atoms with Crippen molar-refractivity contribution in [3.05, 3.63) is 12.7 Å². The van der Waals surface area contributed by atoms with E-state index in [2.05, 4.69) is 6.92 Å². The van der Waals surface area contributed by atoms with Gasteiger partial charge in [-0.3, -0.25) is 0 Å². The zero-order valence-electron chi connectivity index (χ0n) is 5.13. The van der Waals surface area contributed by atoms with Gasteiger partial charge in [-0.05, 0) is 12.3 Å². The average Bonchev–Trinajstić information content (AvgIpc) is 2.50. The van der Waals surface area contributed by atoms with Crippen molar-refractivity contribution in [2.24, 2.45) is 5.92 Å². The minimum absolute atomic E-state index is 0.516. The van der Waals surface area contributed by atoms with Crippen LogP contribution < -0.4 is 0 Å². The Balaban J connectivity index is 2.06. The average molecular weight is 111 g/mol. The number of rotatable bonds is 3. The number of ether oxygens (including phenoxy) is 1. The molecule has 1 saturated heterocycles. The highest BCUT2D eigenvalue weighted by Gasteiger charge is 2.23.